The molecule has 144 valence electrons. The van der Waals surface area contributed by atoms with Gasteiger partial charge in [0, 0.05) is 22.0 Å². The Morgan fingerprint density at radius 2 is 1.39 bits per heavy atom. The van der Waals surface area contributed by atoms with Crippen LogP contribution in [0, 0.1) is 10.8 Å². The highest BCUT2D eigenvalue weighted by molar-refractivity contribution is 6.13. The summed E-state index contributed by atoms with van der Waals surface area (Å²) in [6.07, 6.45) is 1.57. The minimum atomic E-state index is -0.661. The van der Waals surface area contributed by atoms with Crippen molar-refractivity contribution in [2.75, 3.05) is 0 Å². The second-order valence-corrected chi connectivity index (χ2v) is 8.88. The fourth-order valence-corrected chi connectivity index (χ4v) is 5.30. The zero-order valence-corrected chi connectivity index (χ0v) is 17.0. The van der Waals surface area contributed by atoms with Crippen molar-refractivity contribution >= 4 is 17.3 Å². The van der Waals surface area contributed by atoms with Crippen LogP contribution in [0.15, 0.2) is 66.2 Å². The minimum absolute atomic E-state index is 0.119. The fraction of sp³-hybridized carbons (Fsp3) is 0.360. The number of rotatable bonds is 3. The monoisotopic (exact) mass is 373 g/mol. The number of ketones is 1. The molecule has 2 saturated carbocycles. The number of nitrogens with one attached hydrogen (secondary N) is 1. The number of amides is 1. The Morgan fingerprint density at radius 3 is 1.96 bits per heavy atom. The van der Waals surface area contributed by atoms with Gasteiger partial charge in [-0.2, -0.15) is 0 Å². The second kappa shape index (κ2) is 6.16. The van der Waals surface area contributed by atoms with Gasteiger partial charge in [0.2, 0.25) is 0 Å². The highest BCUT2D eigenvalue weighted by atomic mass is 16.2. The Labute approximate surface area is 166 Å². The lowest BCUT2D eigenvalue weighted by molar-refractivity contribution is -0.125. The summed E-state index contributed by atoms with van der Waals surface area (Å²) >= 11 is 0. The standard InChI is InChI=1S/C25H27NO2/c1-17(18-11-7-5-8-12-18)20-21(27)24(4)15-16-25(20,23(24,2)3)26-22(28)19-13-9-6-10-14-19/h5-14H,15-16H2,1-4H3,(H,26,28). The van der Waals surface area contributed by atoms with E-state index in [1.54, 1.807) is 0 Å². The number of allylic oxidation sites excluding steroid dienone is 1. The minimum Gasteiger partial charge on any atom is -0.342 e. The maximum Gasteiger partial charge on any atom is 0.251 e. The summed E-state index contributed by atoms with van der Waals surface area (Å²) in [5, 5.41) is 3.33. The Balaban J connectivity index is 1.88. The van der Waals surface area contributed by atoms with Gasteiger partial charge in [-0.1, -0.05) is 69.3 Å². The molecule has 0 spiro atoms. The predicted molar refractivity (Wildman–Crippen MR) is 112 cm³/mol. The summed E-state index contributed by atoms with van der Waals surface area (Å²) in [4.78, 5) is 26.8. The first-order chi connectivity index (χ1) is 13.2. The van der Waals surface area contributed by atoms with E-state index in [4.69, 9.17) is 0 Å². The molecule has 1 N–H and O–H groups in total. The van der Waals surface area contributed by atoms with E-state index in [-0.39, 0.29) is 17.1 Å². The first kappa shape index (κ1) is 18.7. The van der Waals surface area contributed by atoms with Gasteiger partial charge in [0.15, 0.2) is 5.78 Å². The normalized spacial score (nSPS) is 29.6. The molecule has 2 bridgehead atoms. The third-order valence-electron chi connectivity index (χ3n) is 7.55. The van der Waals surface area contributed by atoms with Gasteiger partial charge < -0.3 is 5.32 Å². The van der Waals surface area contributed by atoms with Crippen LogP contribution in [0.3, 0.4) is 0 Å². The number of hydrogen-bond acceptors (Lipinski definition) is 2. The molecule has 2 aromatic carbocycles. The van der Waals surface area contributed by atoms with Crippen molar-refractivity contribution in [2.45, 2.75) is 46.1 Å². The van der Waals surface area contributed by atoms with Crippen LogP contribution < -0.4 is 5.32 Å². The molecule has 2 aliphatic rings. The number of Topliss-reactive ketones (excluding diaryl/α,β-unsaturated/α-hetero) is 1. The van der Waals surface area contributed by atoms with Gasteiger partial charge in [0.05, 0.1) is 5.54 Å². The molecule has 0 saturated heterocycles. The van der Waals surface area contributed by atoms with Crippen molar-refractivity contribution in [3.63, 3.8) is 0 Å². The third-order valence-corrected chi connectivity index (χ3v) is 7.55. The van der Waals surface area contributed by atoms with E-state index in [2.05, 4.69) is 26.1 Å². The van der Waals surface area contributed by atoms with Crippen LogP contribution >= 0.6 is 0 Å². The summed E-state index contributed by atoms with van der Waals surface area (Å²) in [6, 6.07) is 19.3. The van der Waals surface area contributed by atoms with Gasteiger partial charge in [-0.3, -0.25) is 9.59 Å². The molecule has 0 aromatic heterocycles. The van der Waals surface area contributed by atoms with E-state index in [0.29, 0.717) is 5.56 Å². The number of fused-ring (bicyclic) bond motifs is 2. The van der Waals surface area contributed by atoms with E-state index in [1.807, 2.05) is 67.6 Å². The van der Waals surface area contributed by atoms with Crippen molar-refractivity contribution < 1.29 is 9.59 Å². The van der Waals surface area contributed by atoms with Gasteiger partial charge in [-0.15, -0.1) is 0 Å². The fourth-order valence-electron chi connectivity index (χ4n) is 5.30. The largest absolute Gasteiger partial charge is 0.342 e. The summed E-state index contributed by atoms with van der Waals surface area (Å²) in [6.45, 7) is 8.35. The van der Waals surface area contributed by atoms with Crippen LogP contribution in [-0.4, -0.2) is 17.2 Å². The highest BCUT2D eigenvalue weighted by Crippen LogP contribution is 2.68. The Hall–Kier alpha value is -2.68. The average molecular weight is 373 g/mol. The van der Waals surface area contributed by atoms with Crippen LogP contribution in [0.25, 0.3) is 5.57 Å². The molecule has 3 heteroatoms. The van der Waals surface area contributed by atoms with Gasteiger partial charge in [-0.25, -0.2) is 0 Å². The summed E-state index contributed by atoms with van der Waals surface area (Å²) in [5.74, 6) is 0.0597. The van der Waals surface area contributed by atoms with E-state index >= 15 is 0 Å². The quantitative estimate of drug-likeness (QED) is 0.766. The first-order valence-electron chi connectivity index (χ1n) is 9.94. The molecule has 2 fully saturated rings. The van der Waals surface area contributed by atoms with Gasteiger partial charge in [-0.05, 0) is 43.0 Å². The van der Waals surface area contributed by atoms with Gasteiger partial charge in [0.1, 0.15) is 0 Å². The Bertz CT molecular complexity index is 974. The zero-order valence-electron chi connectivity index (χ0n) is 17.0. The molecule has 0 heterocycles. The number of carbonyl (C=O) groups excluding carboxylic acids is 2. The van der Waals surface area contributed by atoms with E-state index < -0.39 is 11.0 Å². The molecule has 2 atom stereocenters. The molecule has 2 aromatic rings. The Morgan fingerprint density at radius 1 is 0.857 bits per heavy atom. The smallest absolute Gasteiger partial charge is 0.251 e. The summed E-state index contributed by atoms with van der Waals surface area (Å²) in [7, 11) is 0. The van der Waals surface area contributed by atoms with E-state index in [1.165, 1.54) is 0 Å². The van der Waals surface area contributed by atoms with Crippen LogP contribution in [0.2, 0.25) is 0 Å². The molecular weight excluding hydrogens is 346 g/mol. The molecule has 0 radical (unpaired) electrons. The maximum absolute atomic E-state index is 13.6. The average Bonchev–Trinajstić information content (AvgIpc) is 2.97. The third kappa shape index (κ3) is 2.28. The molecular formula is C25H27NO2. The van der Waals surface area contributed by atoms with E-state index in [9.17, 15) is 9.59 Å². The number of benzene rings is 2. The number of carbonyl (C=O) groups is 2. The topological polar surface area (TPSA) is 46.2 Å². The lowest BCUT2D eigenvalue weighted by Crippen LogP contribution is -2.55. The lowest BCUT2D eigenvalue weighted by Gasteiger charge is -2.41. The highest BCUT2D eigenvalue weighted by Gasteiger charge is 2.73. The molecule has 3 nitrogen and oxygen atoms in total. The first-order valence-corrected chi connectivity index (χ1v) is 9.94. The molecule has 0 aliphatic heterocycles. The summed E-state index contributed by atoms with van der Waals surface area (Å²) in [5.41, 5.74) is 1.90. The zero-order chi connectivity index (χ0) is 20.2. The predicted octanol–water partition coefficient (Wildman–Crippen LogP) is 5.04. The molecule has 28 heavy (non-hydrogen) atoms. The lowest BCUT2D eigenvalue weighted by atomic mass is 9.68. The van der Waals surface area contributed by atoms with Crippen molar-refractivity contribution in [2.24, 2.45) is 10.8 Å². The van der Waals surface area contributed by atoms with Crippen LogP contribution in [0.5, 0.6) is 0 Å². The molecule has 2 aliphatic carbocycles. The molecule has 4 rings (SSSR count). The van der Waals surface area contributed by atoms with Gasteiger partial charge >= 0.3 is 0 Å². The van der Waals surface area contributed by atoms with Crippen LogP contribution in [0.4, 0.5) is 0 Å². The summed E-state index contributed by atoms with van der Waals surface area (Å²) < 4.78 is 0. The van der Waals surface area contributed by atoms with Crippen molar-refractivity contribution in [3.05, 3.63) is 77.4 Å². The van der Waals surface area contributed by atoms with Gasteiger partial charge in [0.25, 0.3) is 5.91 Å². The van der Waals surface area contributed by atoms with Crippen molar-refractivity contribution in [1.29, 1.82) is 0 Å². The number of hydrogen-bond donors (Lipinski definition) is 1. The van der Waals surface area contributed by atoms with Crippen LogP contribution in [0.1, 0.15) is 56.5 Å². The van der Waals surface area contributed by atoms with Crippen LogP contribution in [-0.2, 0) is 4.79 Å². The van der Waals surface area contributed by atoms with Crippen molar-refractivity contribution in [1.82, 2.24) is 5.32 Å². The molecule has 1 amide bonds. The Kier molecular flexibility index (Phi) is 4.11. The maximum atomic E-state index is 13.6. The SMILES string of the molecule is CC(=C1C(=O)C2(C)CCC1(NC(=O)c1ccccc1)C2(C)C)c1ccccc1. The van der Waals surface area contributed by atoms with Crippen molar-refractivity contribution in [3.8, 4) is 0 Å². The molecule has 2 unspecified atom stereocenters. The van der Waals surface area contributed by atoms with E-state index in [0.717, 1.165) is 29.6 Å². The second-order valence-electron chi connectivity index (χ2n) is 8.88.